The number of hydrogen-bond donors (Lipinski definition) is 0. The van der Waals surface area contributed by atoms with Crippen molar-refractivity contribution in [3.8, 4) is 0 Å². The van der Waals surface area contributed by atoms with Gasteiger partial charge in [-0.2, -0.15) is 0 Å². The minimum atomic E-state index is 0.583. The van der Waals surface area contributed by atoms with E-state index in [2.05, 4.69) is 69.8 Å². The Kier molecular flexibility index (Phi) is 5.48. The molecule has 1 aromatic carbocycles. The third-order valence-corrected chi connectivity index (χ3v) is 2.35. The predicted molar refractivity (Wildman–Crippen MR) is 77.8 cm³/mol. The van der Waals surface area contributed by atoms with Gasteiger partial charge < -0.3 is 0 Å². The minimum absolute atomic E-state index is 0.583. The van der Waals surface area contributed by atoms with Crippen molar-refractivity contribution in [2.75, 3.05) is 0 Å². The van der Waals surface area contributed by atoms with Gasteiger partial charge in [0.25, 0.3) is 0 Å². The molecule has 90 valence electrons. The Bertz CT molecular complexity index is 405. The van der Waals surface area contributed by atoms with Crippen molar-refractivity contribution in [1.82, 2.24) is 0 Å². The van der Waals surface area contributed by atoms with Crippen LogP contribution >= 0.6 is 0 Å². The van der Waals surface area contributed by atoms with Crippen LogP contribution in [-0.4, -0.2) is 0 Å². The van der Waals surface area contributed by atoms with Crippen molar-refractivity contribution in [3.05, 3.63) is 65.8 Å². The minimum Gasteiger partial charge on any atom is -0.0998 e. The van der Waals surface area contributed by atoms with Crippen LogP contribution in [0.5, 0.6) is 0 Å². The van der Waals surface area contributed by atoms with Crippen LogP contribution in [0.25, 0.3) is 6.08 Å². The standard InChI is InChI=1S/C17H22/c1-14(2)10-11-17(12-15(3)4)13-16-8-6-5-7-9-16/h5-11,13-14H,3,12H2,1-2,4H3/b11-10+,17-13-. The lowest BCUT2D eigenvalue weighted by Gasteiger charge is -2.03. The molecular weight excluding hydrogens is 204 g/mol. The molecule has 0 atom stereocenters. The first kappa shape index (κ1) is 13.5. The molecule has 0 amide bonds. The van der Waals surface area contributed by atoms with Crippen LogP contribution < -0.4 is 0 Å². The Morgan fingerprint density at radius 1 is 1.24 bits per heavy atom. The Labute approximate surface area is 105 Å². The zero-order valence-corrected chi connectivity index (χ0v) is 11.1. The Hall–Kier alpha value is -1.56. The van der Waals surface area contributed by atoms with E-state index in [-0.39, 0.29) is 0 Å². The number of hydrogen-bond acceptors (Lipinski definition) is 0. The van der Waals surface area contributed by atoms with Crippen molar-refractivity contribution in [2.45, 2.75) is 27.2 Å². The molecule has 0 N–H and O–H groups in total. The fourth-order valence-electron chi connectivity index (χ4n) is 1.59. The normalized spacial score (nSPS) is 12.4. The molecule has 17 heavy (non-hydrogen) atoms. The second kappa shape index (κ2) is 6.90. The maximum absolute atomic E-state index is 3.99. The predicted octanol–water partition coefficient (Wildman–Crippen LogP) is 5.25. The van der Waals surface area contributed by atoms with Crippen LogP contribution in [0.1, 0.15) is 32.8 Å². The highest BCUT2D eigenvalue weighted by atomic mass is 14.0. The lowest BCUT2D eigenvalue weighted by molar-refractivity contribution is 0.830. The van der Waals surface area contributed by atoms with Crippen LogP contribution in [-0.2, 0) is 0 Å². The molecule has 0 bridgehead atoms. The van der Waals surface area contributed by atoms with Crippen LogP contribution in [0, 0.1) is 5.92 Å². The van der Waals surface area contributed by atoms with Gasteiger partial charge in [-0.25, -0.2) is 0 Å². The molecule has 0 aliphatic heterocycles. The van der Waals surface area contributed by atoms with E-state index in [1.165, 1.54) is 16.7 Å². The topological polar surface area (TPSA) is 0 Å². The molecule has 0 spiro atoms. The molecule has 0 saturated carbocycles. The highest BCUT2D eigenvalue weighted by Crippen LogP contribution is 2.16. The molecule has 0 heterocycles. The van der Waals surface area contributed by atoms with Gasteiger partial charge in [0.15, 0.2) is 0 Å². The summed E-state index contributed by atoms with van der Waals surface area (Å²) in [6.07, 6.45) is 7.62. The summed E-state index contributed by atoms with van der Waals surface area (Å²) in [7, 11) is 0. The van der Waals surface area contributed by atoms with Crippen molar-refractivity contribution in [2.24, 2.45) is 5.92 Å². The average Bonchev–Trinajstić information content (AvgIpc) is 2.26. The molecule has 0 aromatic heterocycles. The lowest BCUT2D eigenvalue weighted by atomic mass is 10.0. The molecule has 0 radical (unpaired) electrons. The van der Waals surface area contributed by atoms with Crippen molar-refractivity contribution in [1.29, 1.82) is 0 Å². The highest BCUT2D eigenvalue weighted by molar-refractivity contribution is 5.56. The zero-order chi connectivity index (χ0) is 12.7. The smallest absolute Gasteiger partial charge is 0.00725 e. The summed E-state index contributed by atoms with van der Waals surface area (Å²) in [6.45, 7) is 10.4. The SMILES string of the molecule is C=C(C)CC(/C=C/C(C)C)=C\c1ccccc1. The number of rotatable bonds is 5. The van der Waals surface area contributed by atoms with Gasteiger partial charge in [-0.1, -0.05) is 74.6 Å². The molecule has 1 rings (SSSR count). The summed E-state index contributed by atoms with van der Waals surface area (Å²) >= 11 is 0. The van der Waals surface area contributed by atoms with Gasteiger partial charge >= 0.3 is 0 Å². The molecule has 0 unspecified atom stereocenters. The fourth-order valence-corrected chi connectivity index (χ4v) is 1.59. The molecule has 0 nitrogen and oxygen atoms in total. The van der Waals surface area contributed by atoms with E-state index in [4.69, 9.17) is 0 Å². The van der Waals surface area contributed by atoms with Crippen molar-refractivity contribution < 1.29 is 0 Å². The van der Waals surface area contributed by atoms with Crippen LogP contribution in [0.3, 0.4) is 0 Å². The number of benzene rings is 1. The first-order valence-corrected chi connectivity index (χ1v) is 6.16. The van der Waals surface area contributed by atoms with Gasteiger partial charge in [0, 0.05) is 0 Å². The van der Waals surface area contributed by atoms with Gasteiger partial charge in [-0.15, -0.1) is 0 Å². The fraction of sp³-hybridized carbons (Fsp3) is 0.294. The maximum atomic E-state index is 3.99. The molecule has 0 saturated heterocycles. The average molecular weight is 226 g/mol. The summed E-state index contributed by atoms with van der Waals surface area (Å²) in [6, 6.07) is 10.4. The maximum Gasteiger partial charge on any atom is -0.00725 e. The largest absolute Gasteiger partial charge is 0.0998 e. The van der Waals surface area contributed by atoms with Crippen LogP contribution in [0.15, 0.2) is 60.2 Å². The monoisotopic (exact) mass is 226 g/mol. The van der Waals surface area contributed by atoms with Gasteiger partial charge in [-0.3, -0.25) is 0 Å². The molecule has 0 aliphatic rings. The van der Waals surface area contributed by atoms with Gasteiger partial charge in [0.05, 0.1) is 0 Å². The summed E-state index contributed by atoms with van der Waals surface area (Å²) in [5, 5.41) is 0. The van der Waals surface area contributed by atoms with Crippen LogP contribution in [0.2, 0.25) is 0 Å². The third kappa shape index (κ3) is 5.91. The Morgan fingerprint density at radius 2 is 1.88 bits per heavy atom. The van der Waals surface area contributed by atoms with Gasteiger partial charge in [-0.05, 0) is 30.4 Å². The van der Waals surface area contributed by atoms with Crippen LogP contribution in [0.4, 0.5) is 0 Å². The van der Waals surface area contributed by atoms with E-state index in [0.29, 0.717) is 5.92 Å². The Balaban J connectivity index is 2.89. The molecule has 1 aromatic rings. The quantitative estimate of drug-likeness (QED) is 0.475. The Morgan fingerprint density at radius 3 is 2.41 bits per heavy atom. The van der Waals surface area contributed by atoms with E-state index < -0.39 is 0 Å². The summed E-state index contributed by atoms with van der Waals surface area (Å²) in [4.78, 5) is 0. The van der Waals surface area contributed by atoms with E-state index in [0.717, 1.165) is 6.42 Å². The van der Waals surface area contributed by atoms with Crippen molar-refractivity contribution in [3.63, 3.8) is 0 Å². The molecule has 0 heteroatoms. The first-order chi connectivity index (χ1) is 8.08. The van der Waals surface area contributed by atoms with E-state index in [1.807, 2.05) is 6.07 Å². The molecular formula is C17H22. The van der Waals surface area contributed by atoms with E-state index in [1.54, 1.807) is 0 Å². The van der Waals surface area contributed by atoms with E-state index >= 15 is 0 Å². The van der Waals surface area contributed by atoms with Crippen molar-refractivity contribution >= 4 is 6.08 Å². The summed E-state index contributed by atoms with van der Waals surface area (Å²) in [5.74, 6) is 0.583. The lowest BCUT2D eigenvalue weighted by Crippen LogP contribution is -1.84. The molecule has 0 fully saturated rings. The summed E-state index contributed by atoms with van der Waals surface area (Å²) < 4.78 is 0. The third-order valence-electron chi connectivity index (χ3n) is 2.35. The number of allylic oxidation sites excluding steroid dienone is 4. The molecule has 0 aliphatic carbocycles. The van der Waals surface area contributed by atoms with Gasteiger partial charge in [0.1, 0.15) is 0 Å². The van der Waals surface area contributed by atoms with E-state index in [9.17, 15) is 0 Å². The second-order valence-electron chi connectivity index (χ2n) is 4.87. The highest BCUT2D eigenvalue weighted by Gasteiger charge is 1.95. The second-order valence-corrected chi connectivity index (χ2v) is 4.87. The first-order valence-electron chi connectivity index (χ1n) is 6.16. The van der Waals surface area contributed by atoms with Gasteiger partial charge in [0.2, 0.25) is 0 Å². The summed E-state index contributed by atoms with van der Waals surface area (Å²) in [5.41, 5.74) is 3.76. The zero-order valence-electron chi connectivity index (χ0n) is 11.1.